The standard InChI is InChI=1S/C82H74BN3S2/c1-77(2)40-41-78(3,4)57-47-66-61(45-56(57)77)83-62-46-58-59(80(7,8)55-29-17-16-28-54(55)79(58,5)6)48-67(62)85(65-31-23-35-73-75(65)53-27-15-19-33-71(53)88-73)69-44-51(43-68(76(69)83)84(66)64-30-22-34-72-74(64)52-26-14-18-32-70(52)87-72)86-63-37-36-50(49-24-12-11-13-25-49)42-60(63)81(9)38-20-21-39-82(81,86)10/h11-19,22-37,42-48H,20-21,38-41H2,1-10H3. The minimum absolute atomic E-state index is 0.0162. The van der Waals surface area contributed by atoms with Gasteiger partial charge in [0.25, 0.3) is 6.71 Å². The first-order chi connectivity index (χ1) is 42.4. The van der Waals surface area contributed by atoms with Crippen molar-refractivity contribution >= 4 is 132 Å². The summed E-state index contributed by atoms with van der Waals surface area (Å²) in [7, 11) is 0. The Morgan fingerprint density at radius 3 is 1.43 bits per heavy atom. The number of rotatable bonds is 4. The summed E-state index contributed by atoms with van der Waals surface area (Å²) in [4.78, 5) is 8.47. The summed E-state index contributed by atoms with van der Waals surface area (Å²) in [5.74, 6) is 0. The molecule has 2 unspecified atom stereocenters. The molecule has 1 saturated carbocycles. The SMILES string of the molecule is CC1(C)CCC(C)(C)c2cc3c(cc21)B1c2cc4c(cc2N(c2cccc5sc6ccccc6c25)c2cc(N5c6ccc(-c7ccccc7)cc6C6(C)CCCCC56C)cc(c21)N3c1cccc2sc3ccccc3c12)C(C)(C)c1ccccc1C4(C)C. The fraction of sp³-hybridized carbons (Fsp3) is 0.268. The highest BCUT2D eigenvalue weighted by molar-refractivity contribution is 7.26. The van der Waals surface area contributed by atoms with Crippen LogP contribution < -0.4 is 31.1 Å². The van der Waals surface area contributed by atoms with Gasteiger partial charge in [-0.25, -0.2) is 0 Å². The molecule has 2 atom stereocenters. The van der Waals surface area contributed by atoms with Crippen LogP contribution in [0.5, 0.6) is 0 Å². The Morgan fingerprint density at radius 2 is 0.841 bits per heavy atom. The molecular formula is C82H74BN3S2. The monoisotopic (exact) mass is 1180 g/mol. The lowest BCUT2D eigenvalue weighted by atomic mass is 9.32. The van der Waals surface area contributed by atoms with Gasteiger partial charge >= 0.3 is 0 Å². The van der Waals surface area contributed by atoms with E-state index in [9.17, 15) is 0 Å². The van der Waals surface area contributed by atoms with Gasteiger partial charge in [-0.2, -0.15) is 0 Å². The van der Waals surface area contributed by atoms with Gasteiger partial charge in [-0.05, 0) is 183 Å². The van der Waals surface area contributed by atoms with E-state index in [0.29, 0.717) is 0 Å². The lowest BCUT2D eigenvalue weighted by molar-refractivity contribution is 0.195. The van der Waals surface area contributed by atoms with Crippen LogP contribution in [0.25, 0.3) is 51.5 Å². The van der Waals surface area contributed by atoms with Crippen molar-refractivity contribution in [1.29, 1.82) is 0 Å². The van der Waals surface area contributed by atoms with E-state index in [4.69, 9.17) is 0 Å². The number of thiophene rings is 2. The highest BCUT2D eigenvalue weighted by Gasteiger charge is 2.59. The van der Waals surface area contributed by atoms with E-state index >= 15 is 0 Å². The molecular weight excluding hydrogens is 1100 g/mol. The second kappa shape index (κ2) is 17.9. The number of fused-ring (bicyclic) bond motifs is 16. The van der Waals surface area contributed by atoms with Crippen molar-refractivity contribution in [2.24, 2.45) is 0 Å². The molecule has 1 fully saturated rings. The number of hydrogen-bond acceptors (Lipinski definition) is 5. The van der Waals surface area contributed by atoms with Crippen LogP contribution in [0.2, 0.25) is 0 Å². The maximum Gasteiger partial charge on any atom is 0.252 e. The molecule has 0 N–H and O–H groups in total. The first-order valence-corrected chi connectivity index (χ1v) is 34.1. The second-order valence-electron chi connectivity index (χ2n) is 29.7. The summed E-state index contributed by atoms with van der Waals surface area (Å²) in [6.07, 6.45) is 6.94. The fourth-order valence-corrected chi connectivity index (χ4v) is 20.7. The van der Waals surface area contributed by atoms with Gasteiger partial charge in [0, 0.05) is 90.7 Å². The lowest BCUT2D eigenvalue weighted by Crippen LogP contribution is -2.62. The lowest BCUT2D eigenvalue weighted by Gasteiger charge is -2.52. The molecule has 5 heterocycles. The summed E-state index contributed by atoms with van der Waals surface area (Å²) in [5.41, 5.74) is 26.2. The van der Waals surface area contributed by atoms with Crippen molar-refractivity contribution in [2.75, 3.05) is 14.7 Å². The average Bonchev–Trinajstić information content (AvgIpc) is 0.902. The second-order valence-corrected chi connectivity index (χ2v) is 31.9. The van der Waals surface area contributed by atoms with E-state index < -0.39 is 0 Å². The van der Waals surface area contributed by atoms with Crippen molar-refractivity contribution < 1.29 is 0 Å². The van der Waals surface area contributed by atoms with Gasteiger partial charge in [0.1, 0.15) is 0 Å². The Kier molecular flexibility index (Phi) is 10.8. The largest absolute Gasteiger partial charge is 0.334 e. The molecule has 3 nitrogen and oxygen atoms in total. The van der Waals surface area contributed by atoms with E-state index in [-0.39, 0.29) is 39.3 Å². The molecule has 3 aliphatic heterocycles. The maximum atomic E-state index is 2.87. The number of benzene rings is 10. The summed E-state index contributed by atoms with van der Waals surface area (Å²) >= 11 is 3.85. The van der Waals surface area contributed by atoms with Crippen molar-refractivity contribution in [3.8, 4) is 11.1 Å². The van der Waals surface area contributed by atoms with Crippen LogP contribution >= 0.6 is 22.7 Å². The first-order valence-electron chi connectivity index (χ1n) is 32.4. The molecule has 6 heteroatoms. The molecule has 0 bridgehead atoms. The number of anilines is 8. The third-order valence-electron chi connectivity index (χ3n) is 23.5. The van der Waals surface area contributed by atoms with Crippen LogP contribution in [-0.4, -0.2) is 12.3 Å². The molecule has 0 radical (unpaired) electrons. The molecule has 0 amide bonds. The minimum Gasteiger partial charge on any atom is -0.334 e. The number of hydrogen-bond donors (Lipinski definition) is 0. The predicted octanol–water partition coefficient (Wildman–Crippen LogP) is 21.2. The third kappa shape index (κ3) is 6.92. The van der Waals surface area contributed by atoms with E-state index in [1.165, 1.54) is 165 Å². The van der Waals surface area contributed by atoms with Crippen LogP contribution in [0.3, 0.4) is 0 Å². The van der Waals surface area contributed by atoms with Crippen molar-refractivity contribution in [1.82, 2.24) is 0 Å². The van der Waals surface area contributed by atoms with E-state index in [0.717, 1.165) is 25.7 Å². The molecule has 0 saturated heterocycles. The summed E-state index contributed by atoms with van der Waals surface area (Å²) < 4.78 is 5.28. The average molecular weight is 1180 g/mol. The summed E-state index contributed by atoms with van der Waals surface area (Å²) in [6, 6.07) is 76.9. The van der Waals surface area contributed by atoms with E-state index in [1.54, 1.807) is 0 Å². The molecule has 3 aliphatic carbocycles. The van der Waals surface area contributed by atoms with E-state index in [1.807, 2.05) is 22.7 Å². The molecule has 432 valence electrons. The van der Waals surface area contributed by atoms with Crippen LogP contribution in [0, 0.1) is 0 Å². The maximum absolute atomic E-state index is 2.87. The van der Waals surface area contributed by atoms with Gasteiger partial charge in [-0.3, -0.25) is 0 Å². The van der Waals surface area contributed by atoms with Crippen LogP contribution in [0.4, 0.5) is 45.5 Å². The quantitative estimate of drug-likeness (QED) is 0.163. The zero-order valence-corrected chi connectivity index (χ0v) is 54.1. The van der Waals surface area contributed by atoms with Crippen LogP contribution in [0.15, 0.2) is 194 Å². The highest BCUT2D eigenvalue weighted by atomic mass is 32.1. The van der Waals surface area contributed by atoms with Crippen molar-refractivity contribution in [3.63, 3.8) is 0 Å². The molecule has 2 aromatic heterocycles. The van der Waals surface area contributed by atoms with Gasteiger partial charge in [0.2, 0.25) is 0 Å². The van der Waals surface area contributed by atoms with Crippen LogP contribution in [-0.2, 0) is 27.1 Å². The van der Waals surface area contributed by atoms with Crippen molar-refractivity contribution in [2.45, 2.75) is 140 Å². The van der Waals surface area contributed by atoms with Gasteiger partial charge in [-0.1, -0.05) is 196 Å². The summed E-state index contributed by atoms with van der Waals surface area (Å²) in [6.45, 7) is 25.2. The third-order valence-corrected chi connectivity index (χ3v) is 25.8. The zero-order valence-electron chi connectivity index (χ0n) is 52.5. The zero-order chi connectivity index (χ0) is 59.8. The van der Waals surface area contributed by atoms with Gasteiger partial charge < -0.3 is 14.7 Å². The Labute approximate surface area is 527 Å². The fourth-order valence-electron chi connectivity index (χ4n) is 18.5. The first kappa shape index (κ1) is 53.2. The molecule has 0 spiro atoms. The Bertz CT molecular complexity index is 5020. The topological polar surface area (TPSA) is 9.72 Å². The molecule has 88 heavy (non-hydrogen) atoms. The summed E-state index contributed by atoms with van der Waals surface area (Å²) in [5, 5.41) is 5.28. The van der Waals surface area contributed by atoms with Gasteiger partial charge in [0.15, 0.2) is 0 Å². The molecule has 6 aliphatic rings. The Hall–Kier alpha value is -7.90. The molecule has 10 aromatic carbocycles. The highest BCUT2D eigenvalue weighted by Crippen LogP contribution is 2.64. The van der Waals surface area contributed by atoms with E-state index in [2.05, 4.69) is 278 Å². The molecule has 18 rings (SSSR count). The smallest absolute Gasteiger partial charge is 0.252 e. The normalized spacial score (nSPS) is 21.2. The van der Waals surface area contributed by atoms with Gasteiger partial charge in [-0.15, -0.1) is 22.7 Å². The molecule has 12 aromatic rings. The van der Waals surface area contributed by atoms with Gasteiger partial charge in [0.05, 0.1) is 16.9 Å². The minimum atomic E-state index is -0.271. The van der Waals surface area contributed by atoms with Crippen LogP contribution in [0.1, 0.15) is 147 Å². The number of nitrogens with zero attached hydrogens (tertiary/aromatic N) is 3. The predicted molar refractivity (Wildman–Crippen MR) is 380 cm³/mol. The Morgan fingerprint density at radius 1 is 0.352 bits per heavy atom. The Balaban J connectivity index is 1.03. The van der Waals surface area contributed by atoms with Crippen molar-refractivity contribution in [3.05, 3.63) is 233 Å².